The van der Waals surface area contributed by atoms with Crippen molar-refractivity contribution in [1.29, 1.82) is 0 Å². The molecule has 0 aliphatic carbocycles. The van der Waals surface area contributed by atoms with E-state index in [9.17, 15) is 0 Å². The third kappa shape index (κ3) is 3.03. The van der Waals surface area contributed by atoms with Gasteiger partial charge in [0.15, 0.2) is 0 Å². The minimum atomic E-state index is 0.545. The molecule has 0 spiro atoms. The van der Waals surface area contributed by atoms with Crippen LogP contribution in [0.2, 0.25) is 0 Å². The van der Waals surface area contributed by atoms with Crippen LogP contribution in [0.15, 0.2) is 24.3 Å². The molecule has 1 aromatic rings. The van der Waals surface area contributed by atoms with E-state index in [1.54, 1.807) is 0 Å². The molecule has 1 fully saturated rings. The highest BCUT2D eigenvalue weighted by Crippen LogP contribution is 2.25. The molecule has 1 saturated heterocycles. The van der Waals surface area contributed by atoms with Crippen molar-refractivity contribution in [2.75, 3.05) is 38.1 Å². The van der Waals surface area contributed by atoms with Crippen molar-refractivity contribution >= 4 is 5.69 Å². The van der Waals surface area contributed by atoms with Gasteiger partial charge in [-0.05, 0) is 51.5 Å². The number of anilines is 1. The van der Waals surface area contributed by atoms with Crippen molar-refractivity contribution in [3.8, 4) is 0 Å². The molecule has 0 radical (unpaired) electrons. The van der Waals surface area contributed by atoms with Gasteiger partial charge in [0.05, 0.1) is 0 Å². The number of likely N-dealkylation sites (N-methyl/N-ethyl adjacent to an activating group) is 1. The zero-order valence-corrected chi connectivity index (χ0v) is 11.6. The third-order valence-corrected chi connectivity index (χ3v) is 3.83. The highest BCUT2D eigenvalue weighted by atomic mass is 15.2. The van der Waals surface area contributed by atoms with Gasteiger partial charge in [0.2, 0.25) is 0 Å². The Balaban J connectivity index is 2.24. The van der Waals surface area contributed by atoms with Gasteiger partial charge in [-0.1, -0.05) is 18.2 Å². The summed E-state index contributed by atoms with van der Waals surface area (Å²) in [7, 11) is 2.21. The summed E-state index contributed by atoms with van der Waals surface area (Å²) in [5.41, 5.74) is 8.53. The minimum absolute atomic E-state index is 0.545. The molecule has 1 aromatic carbocycles. The lowest BCUT2D eigenvalue weighted by Gasteiger charge is -2.33. The second kappa shape index (κ2) is 6.21. The average Bonchev–Trinajstić information content (AvgIpc) is 2.52. The molecule has 1 aliphatic heterocycles. The number of hydrogen-bond donors (Lipinski definition) is 1. The fraction of sp³-hybridized carbons (Fsp3) is 0.600. The van der Waals surface area contributed by atoms with E-state index in [2.05, 4.69) is 48.0 Å². The molecule has 0 saturated carbocycles. The van der Waals surface area contributed by atoms with Gasteiger partial charge in [-0.3, -0.25) is 0 Å². The topological polar surface area (TPSA) is 32.5 Å². The van der Waals surface area contributed by atoms with Crippen molar-refractivity contribution in [3.63, 3.8) is 0 Å². The van der Waals surface area contributed by atoms with Gasteiger partial charge in [0.1, 0.15) is 0 Å². The molecule has 2 rings (SSSR count). The molecule has 0 amide bonds. The van der Waals surface area contributed by atoms with Crippen LogP contribution in [-0.4, -0.2) is 44.2 Å². The van der Waals surface area contributed by atoms with Crippen LogP contribution in [0.1, 0.15) is 18.4 Å². The van der Waals surface area contributed by atoms with Crippen LogP contribution < -0.4 is 10.6 Å². The first kappa shape index (κ1) is 13.4. The number of aryl methyl sites for hydroxylation is 1. The van der Waals surface area contributed by atoms with Crippen molar-refractivity contribution in [2.45, 2.75) is 25.8 Å². The maximum atomic E-state index is 5.79. The molecule has 1 atom stereocenters. The molecule has 1 unspecified atom stereocenters. The maximum absolute atomic E-state index is 5.79. The summed E-state index contributed by atoms with van der Waals surface area (Å²) in [5.74, 6) is 0. The van der Waals surface area contributed by atoms with Gasteiger partial charge >= 0.3 is 0 Å². The highest BCUT2D eigenvalue weighted by Gasteiger charge is 2.23. The lowest BCUT2D eigenvalue weighted by molar-refractivity contribution is 0.326. The van der Waals surface area contributed by atoms with Crippen LogP contribution in [0.5, 0.6) is 0 Å². The van der Waals surface area contributed by atoms with Crippen LogP contribution in [-0.2, 0) is 0 Å². The Labute approximate surface area is 111 Å². The predicted molar refractivity (Wildman–Crippen MR) is 78.1 cm³/mol. The first-order chi connectivity index (χ1) is 8.72. The van der Waals surface area contributed by atoms with Gasteiger partial charge in [-0.25, -0.2) is 0 Å². The highest BCUT2D eigenvalue weighted by molar-refractivity contribution is 5.54. The van der Waals surface area contributed by atoms with Crippen LogP contribution in [0, 0.1) is 6.92 Å². The number of nitrogens with two attached hydrogens (primary N) is 1. The predicted octanol–water partition coefficient (Wildman–Crippen LogP) is 1.85. The summed E-state index contributed by atoms with van der Waals surface area (Å²) >= 11 is 0. The second-order valence-electron chi connectivity index (χ2n) is 5.33. The number of rotatable bonds is 3. The molecule has 2 N–H and O–H groups in total. The lowest BCUT2D eigenvalue weighted by atomic mass is 10.1. The number of para-hydroxylation sites is 1. The monoisotopic (exact) mass is 247 g/mol. The molecule has 18 heavy (non-hydrogen) atoms. The zero-order chi connectivity index (χ0) is 13.0. The number of benzene rings is 1. The van der Waals surface area contributed by atoms with Crippen LogP contribution in [0.3, 0.4) is 0 Å². The van der Waals surface area contributed by atoms with E-state index in [0.29, 0.717) is 6.04 Å². The number of nitrogens with zero attached hydrogens (tertiary/aromatic N) is 2. The van der Waals surface area contributed by atoms with E-state index in [0.717, 1.165) is 26.1 Å². The Morgan fingerprint density at radius 1 is 1.28 bits per heavy atom. The fourth-order valence-corrected chi connectivity index (χ4v) is 2.89. The second-order valence-corrected chi connectivity index (χ2v) is 5.33. The van der Waals surface area contributed by atoms with E-state index in [1.807, 2.05) is 0 Å². The standard InChI is InChI=1S/C15H25N3/c1-13-6-3-4-7-15(13)18-11-5-10-17(2)12-14(18)8-9-16/h3-4,6-7,14H,5,8-12,16H2,1-2H3. The Hall–Kier alpha value is -1.06. The lowest BCUT2D eigenvalue weighted by Crippen LogP contribution is -2.41. The van der Waals surface area contributed by atoms with Crippen molar-refractivity contribution in [3.05, 3.63) is 29.8 Å². The van der Waals surface area contributed by atoms with E-state index >= 15 is 0 Å². The van der Waals surface area contributed by atoms with E-state index in [-0.39, 0.29) is 0 Å². The summed E-state index contributed by atoms with van der Waals surface area (Å²) < 4.78 is 0. The van der Waals surface area contributed by atoms with Gasteiger partial charge < -0.3 is 15.5 Å². The molecule has 1 aliphatic rings. The SMILES string of the molecule is Cc1ccccc1N1CCCN(C)CC1CCN. The van der Waals surface area contributed by atoms with Crippen molar-refractivity contribution in [2.24, 2.45) is 5.73 Å². The molecule has 1 heterocycles. The zero-order valence-electron chi connectivity index (χ0n) is 11.6. The molecule has 0 bridgehead atoms. The van der Waals surface area contributed by atoms with Gasteiger partial charge in [-0.2, -0.15) is 0 Å². The third-order valence-electron chi connectivity index (χ3n) is 3.83. The van der Waals surface area contributed by atoms with Crippen LogP contribution in [0.4, 0.5) is 5.69 Å². The Morgan fingerprint density at radius 2 is 2.06 bits per heavy atom. The van der Waals surface area contributed by atoms with Crippen LogP contribution >= 0.6 is 0 Å². The summed E-state index contributed by atoms with van der Waals surface area (Å²) in [6, 6.07) is 9.23. The largest absolute Gasteiger partial charge is 0.367 e. The summed E-state index contributed by atoms with van der Waals surface area (Å²) in [5, 5.41) is 0. The summed E-state index contributed by atoms with van der Waals surface area (Å²) in [6.45, 7) is 6.40. The molecule has 100 valence electrons. The van der Waals surface area contributed by atoms with Gasteiger partial charge in [0, 0.05) is 24.8 Å². The molecular formula is C15H25N3. The number of hydrogen-bond acceptors (Lipinski definition) is 3. The first-order valence-corrected chi connectivity index (χ1v) is 6.93. The maximum Gasteiger partial charge on any atom is 0.0429 e. The van der Waals surface area contributed by atoms with Crippen molar-refractivity contribution in [1.82, 2.24) is 4.90 Å². The van der Waals surface area contributed by atoms with E-state index in [1.165, 1.54) is 24.2 Å². The minimum Gasteiger partial charge on any atom is -0.367 e. The molecule has 3 heteroatoms. The summed E-state index contributed by atoms with van der Waals surface area (Å²) in [6.07, 6.45) is 2.30. The van der Waals surface area contributed by atoms with E-state index < -0.39 is 0 Å². The van der Waals surface area contributed by atoms with Gasteiger partial charge in [0.25, 0.3) is 0 Å². The normalized spacial score (nSPS) is 21.9. The van der Waals surface area contributed by atoms with Gasteiger partial charge in [-0.15, -0.1) is 0 Å². The first-order valence-electron chi connectivity index (χ1n) is 6.93. The Bertz CT molecular complexity index is 378. The molecular weight excluding hydrogens is 222 g/mol. The van der Waals surface area contributed by atoms with Crippen molar-refractivity contribution < 1.29 is 0 Å². The van der Waals surface area contributed by atoms with E-state index in [4.69, 9.17) is 5.73 Å². The summed E-state index contributed by atoms with van der Waals surface area (Å²) in [4.78, 5) is 4.99. The Kier molecular flexibility index (Phi) is 4.61. The smallest absolute Gasteiger partial charge is 0.0429 e. The Morgan fingerprint density at radius 3 is 2.78 bits per heavy atom. The molecule has 0 aromatic heterocycles. The fourth-order valence-electron chi connectivity index (χ4n) is 2.89. The quantitative estimate of drug-likeness (QED) is 0.885. The van der Waals surface area contributed by atoms with Crippen LogP contribution in [0.25, 0.3) is 0 Å². The average molecular weight is 247 g/mol. The molecule has 3 nitrogen and oxygen atoms in total.